The molecule has 1 unspecified atom stereocenters. The van der Waals surface area contributed by atoms with E-state index in [9.17, 15) is 0 Å². The minimum absolute atomic E-state index is 0.114. The molecular weight excluding hydrogens is 206 g/mol. The SMILES string of the molecule is Cc1cccc(Cc2ccc(C(C)N)cc2)c1. The Balaban J connectivity index is 2.14. The summed E-state index contributed by atoms with van der Waals surface area (Å²) in [6, 6.07) is 17.3. The number of hydrogen-bond donors (Lipinski definition) is 1. The van der Waals surface area contributed by atoms with E-state index < -0.39 is 0 Å². The van der Waals surface area contributed by atoms with Crippen LogP contribution in [0.4, 0.5) is 0 Å². The first-order valence-corrected chi connectivity index (χ1v) is 6.05. The Hall–Kier alpha value is -1.60. The molecule has 0 spiro atoms. The van der Waals surface area contributed by atoms with Crippen LogP contribution < -0.4 is 5.73 Å². The van der Waals surface area contributed by atoms with Crippen molar-refractivity contribution in [1.82, 2.24) is 0 Å². The van der Waals surface area contributed by atoms with Crippen LogP contribution in [-0.2, 0) is 6.42 Å². The molecule has 2 aromatic carbocycles. The minimum atomic E-state index is 0.114. The van der Waals surface area contributed by atoms with Crippen molar-refractivity contribution in [3.8, 4) is 0 Å². The Bertz CT molecular complexity index is 483. The first kappa shape index (κ1) is 11.9. The third-order valence-electron chi connectivity index (χ3n) is 3.00. The maximum atomic E-state index is 5.84. The van der Waals surface area contributed by atoms with Gasteiger partial charge >= 0.3 is 0 Å². The highest BCUT2D eigenvalue weighted by Crippen LogP contribution is 2.14. The van der Waals surface area contributed by atoms with Gasteiger partial charge < -0.3 is 5.73 Å². The molecule has 0 aliphatic heterocycles. The maximum absolute atomic E-state index is 5.84. The summed E-state index contributed by atoms with van der Waals surface area (Å²) in [7, 11) is 0. The second kappa shape index (κ2) is 5.15. The number of nitrogens with two attached hydrogens (primary N) is 1. The van der Waals surface area contributed by atoms with Crippen LogP contribution in [0.2, 0.25) is 0 Å². The van der Waals surface area contributed by atoms with E-state index >= 15 is 0 Å². The molecule has 0 aliphatic rings. The second-order valence-corrected chi connectivity index (χ2v) is 4.70. The summed E-state index contributed by atoms with van der Waals surface area (Å²) in [5, 5.41) is 0. The Morgan fingerprint density at radius 3 is 2.29 bits per heavy atom. The normalized spacial score (nSPS) is 12.4. The lowest BCUT2D eigenvalue weighted by Crippen LogP contribution is -2.04. The van der Waals surface area contributed by atoms with E-state index in [1.165, 1.54) is 22.3 Å². The van der Waals surface area contributed by atoms with Crippen molar-refractivity contribution < 1.29 is 0 Å². The van der Waals surface area contributed by atoms with Crippen LogP contribution in [0.1, 0.15) is 35.2 Å². The molecule has 0 fully saturated rings. The summed E-state index contributed by atoms with van der Waals surface area (Å²) in [5.41, 5.74) is 11.0. The molecule has 17 heavy (non-hydrogen) atoms. The molecule has 0 saturated carbocycles. The highest BCUT2D eigenvalue weighted by molar-refractivity contribution is 5.31. The summed E-state index contributed by atoms with van der Waals surface area (Å²) in [4.78, 5) is 0. The van der Waals surface area contributed by atoms with Gasteiger partial charge in [0, 0.05) is 6.04 Å². The molecule has 0 heterocycles. The lowest BCUT2D eigenvalue weighted by atomic mass is 10.0. The monoisotopic (exact) mass is 225 g/mol. The van der Waals surface area contributed by atoms with Crippen LogP contribution in [-0.4, -0.2) is 0 Å². The molecule has 2 N–H and O–H groups in total. The van der Waals surface area contributed by atoms with Gasteiger partial charge in [-0.1, -0.05) is 54.1 Å². The lowest BCUT2D eigenvalue weighted by Gasteiger charge is -2.07. The molecular formula is C16H19N. The van der Waals surface area contributed by atoms with Crippen LogP contribution in [0.25, 0.3) is 0 Å². The Labute approximate surface area is 103 Å². The highest BCUT2D eigenvalue weighted by atomic mass is 14.6. The van der Waals surface area contributed by atoms with Crippen molar-refractivity contribution in [1.29, 1.82) is 0 Å². The Morgan fingerprint density at radius 1 is 1.00 bits per heavy atom. The standard InChI is InChI=1S/C16H19N/c1-12-4-3-5-15(10-12)11-14-6-8-16(9-7-14)13(2)17/h3-10,13H,11,17H2,1-2H3. The fraction of sp³-hybridized carbons (Fsp3) is 0.250. The number of benzene rings is 2. The minimum Gasteiger partial charge on any atom is -0.324 e. The Kier molecular flexibility index (Phi) is 3.60. The van der Waals surface area contributed by atoms with E-state index in [2.05, 4.69) is 55.5 Å². The molecule has 0 saturated heterocycles. The van der Waals surface area contributed by atoms with Crippen LogP contribution >= 0.6 is 0 Å². The predicted molar refractivity (Wildman–Crippen MR) is 73.0 cm³/mol. The van der Waals surface area contributed by atoms with Gasteiger partial charge in [-0.25, -0.2) is 0 Å². The lowest BCUT2D eigenvalue weighted by molar-refractivity contribution is 0.817. The first-order valence-electron chi connectivity index (χ1n) is 6.05. The summed E-state index contributed by atoms with van der Waals surface area (Å²) in [6.45, 7) is 4.14. The van der Waals surface area contributed by atoms with Gasteiger partial charge in [0.1, 0.15) is 0 Å². The fourth-order valence-corrected chi connectivity index (χ4v) is 2.00. The van der Waals surface area contributed by atoms with Gasteiger partial charge in [0.05, 0.1) is 0 Å². The molecule has 88 valence electrons. The molecule has 1 heteroatoms. The van der Waals surface area contributed by atoms with E-state index in [4.69, 9.17) is 5.73 Å². The molecule has 0 aliphatic carbocycles. The molecule has 0 radical (unpaired) electrons. The smallest absolute Gasteiger partial charge is 0.0266 e. The summed E-state index contributed by atoms with van der Waals surface area (Å²) in [6.07, 6.45) is 0.987. The predicted octanol–water partition coefficient (Wildman–Crippen LogP) is 3.61. The average Bonchev–Trinajstić information content (AvgIpc) is 2.29. The van der Waals surface area contributed by atoms with Crippen molar-refractivity contribution in [3.63, 3.8) is 0 Å². The van der Waals surface area contributed by atoms with Crippen LogP contribution in [0.15, 0.2) is 48.5 Å². The zero-order valence-corrected chi connectivity index (χ0v) is 10.5. The van der Waals surface area contributed by atoms with E-state index in [0.717, 1.165) is 6.42 Å². The fourth-order valence-electron chi connectivity index (χ4n) is 2.00. The topological polar surface area (TPSA) is 26.0 Å². The van der Waals surface area contributed by atoms with Gasteiger partial charge in [0.25, 0.3) is 0 Å². The van der Waals surface area contributed by atoms with E-state index in [-0.39, 0.29) is 6.04 Å². The molecule has 0 aromatic heterocycles. The second-order valence-electron chi connectivity index (χ2n) is 4.70. The van der Waals surface area contributed by atoms with Gasteiger partial charge in [-0.3, -0.25) is 0 Å². The molecule has 0 bridgehead atoms. The first-order chi connectivity index (χ1) is 8.15. The summed E-state index contributed by atoms with van der Waals surface area (Å²) >= 11 is 0. The van der Waals surface area contributed by atoms with Crippen molar-refractivity contribution >= 4 is 0 Å². The number of aryl methyl sites for hydroxylation is 1. The molecule has 1 atom stereocenters. The van der Waals surface area contributed by atoms with Crippen molar-refractivity contribution in [2.75, 3.05) is 0 Å². The third-order valence-corrected chi connectivity index (χ3v) is 3.00. The van der Waals surface area contributed by atoms with E-state index in [0.29, 0.717) is 0 Å². The number of rotatable bonds is 3. The maximum Gasteiger partial charge on any atom is 0.0266 e. The molecule has 2 aromatic rings. The zero-order valence-electron chi connectivity index (χ0n) is 10.5. The van der Waals surface area contributed by atoms with E-state index in [1.807, 2.05) is 6.92 Å². The summed E-state index contributed by atoms with van der Waals surface area (Å²) < 4.78 is 0. The van der Waals surface area contributed by atoms with Gasteiger partial charge in [-0.2, -0.15) is 0 Å². The third kappa shape index (κ3) is 3.18. The molecule has 1 nitrogen and oxygen atoms in total. The van der Waals surface area contributed by atoms with Gasteiger partial charge in [-0.15, -0.1) is 0 Å². The van der Waals surface area contributed by atoms with Crippen LogP contribution in [0.3, 0.4) is 0 Å². The van der Waals surface area contributed by atoms with Crippen LogP contribution in [0, 0.1) is 6.92 Å². The zero-order chi connectivity index (χ0) is 12.3. The average molecular weight is 225 g/mol. The Morgan fingerprint density at radius 2 is 1.71 bits per heavy atom. The van der Waals surface area contributed by atoms with Crippen LogP contribution in [0.5, 0.6) is 0 Å². The largest absolute Gasteiger partial charge is 0.324 e. The molecule has 0 amide bonds. The highest BCUT2D eigenvalue weighted by Gasteiger charge is 2.00. The van der Waals surface area contributed by atoms with E-state index in [1.54, 1.807) is 0 Å². The molecule has 2 rings (SSSR count). The number of hydrogen-bond acceptors (Lipinski definition) is 1. The van der Waals surface area contributed by atoms with Gasteiger partial charge in [-0.05, 0) is 37.0 Å². The van der Waals surface area contributed by atoms with Crippen molar-refractivity contribution in [3.05, 3.63) is 70.8 Å². The summed E-state index contributed by atoms with van der Waals surface area (Å²) in [5.74, 6) is 0. The van der Waals surface area contributed by atoms with Crippen molar-refractivity contribution in [2.24, 2.45) is 5.73 Å². The van der Waals surface area contributed by atoms with Gasteiger partial charge in [0.2, 0.25) is 0 Å². The van der Waals surface area contributed by atoms with Crippen molar-refractivity contribution in [2.45, 2.75) is 26.3 Å². The quantitative estimate of drug-likeness (QED) is 0.848. The van der Waals surface area contributed by atoms with Gasteiger partial charge in [0.15, 0.2) is 0 Å².